The van der Waals surface area contributed by atoms with Gasteiger partial charge >= 0.3 is 0 Å². The van der Waals surface area contributed by atoms with Gasteiger partial charge in [0.25, 0.3) is 0 Å². The van der Waals surface area contributed by atoms with Crippen molar-refractivity contribution in [3.8, 4) is 5.75 Å². The second-order valence-corrected chi connectivity index (χ2v) is 5.88. The Bertz CT molecular complexity index is 472. The van der Waals surface area contributed by atoms with E-state index >= 15 is 0 Å². The van der Waals surface area contributed by atoms with E-state index in [4.69, 9.17) is 4.74 Å². The van der Waals surface area contributed by atoms with Gasteiger partial charge in [-0.2, -0.15) is 0 Å². The second kappa shape index (κ2) is 6.29. The van der Waals surface area contributed by atoms with Gasteiger partial charge in [0, 0.05) is 25.4 Å². The van der Waals surface area contributed by atoms with E-state index in [9.17, 15) is 4.79 Å². The van der Waals surface area contributed by atoms with Crippen molar-refractivity contribution in [2.24, 2.45) is 5.92 Å². The lowest BCUT2D eigenvalue weighted by Gasteiger charge is -2.27. The molecule has 1 aromatic rings. The molecule has 0 bridgehead atoms. The standard InChI is InChI=1S/C17H23NO2/c19-16-9-3-1-2-7-14(16)13-18-11-6-12-20-17-10-5-4-8-15(17)18/h4-5,8,10,14H,1-3,6-7,9,11-13H2. The number of ether oxygens (including phenoxy) is 1. The molecule has 0 N–H and O–H groups in total. The fourth-order valence-electron chi connectivity index (χ4n) is 3.28. The number of Topliss-reactive ketones (excluding diaryl/α,β-unsaturated/α-hetero) is 1. The molecule has 1 atom stereocenters. The zero-order chi connectivity index (χ0) is 13.8. The third kappa shape index (κ3) is 2.97. The number of hydrogen-bond donors (Lipinski definition) is 0. The van der Waals surface area contributed by atoms with E-state index in [-0.39, 0.29) is 5.92 Å². The normalized spacial score (nSPS) is 23.5. The quantitative estimate of drug-likeness (QED) is 0.773. The molecule has 2 aliphatic rings. The molecule has 0 radical (unpaired) electrons. The van der Waals surface area contributed by atoms with Crippen LogP contribution >= 0.6 is 0 Å². The van der Waals surface area contributed by atoms with E-state index < -0.39 is 0 Å². The number of fused-ring (bicyclic) bond motifs is 1. The third-order valence-electron chi connectivity index (χ3n) is 4.41. The van der Waals surface area contributed by atoms with Crippen LogP contribution in [0.15, 0.2) is 24.3 Å². The first-order valence-electron chi connectivity index (χ1n) is 7.84. The van der Waals surface area contributed by atoms with Crippen LogP contribution in [0.4, 0.5) is 5.69 Å². The molecular weight excluding hydrogens is 250 g/mol. The van der Waals surface area contributed by atoms with Gasteiger partial charge in [-0.1, -0.05) is 25.0 Å². The maximum atomic E-state index is 12.2. The van der Waals surface area contributed by atoms with Gasteiger partial charge in [-0.05, 0) is 31.4 Å². The van der Waals surface area contributed by atoms with Crippen LogP contribution in [0.5, 0.6) is 5.75 Å². The van der Waals surface area contributed by atoms with Gasteiger partial charge < -0.3 is 9.64 Å². The lowest BCUT2D eigenvalue weighted by molar-refractivity contribution is -0.122. The lowest BCUT2D eigenvalue weighted by atomic mass is 9.98. The van der Waals surface area contributed by atoms with E-state index in [0.717, 1.165) is 56.8 Å². The first-order valence-corrected chi connectivity index (χ1v) is 7.84. The fourth-order valence-corrected chi connectivity index (χ4v) is 3.28. The average molecular weight is 273 g/mol. The molecule has 1 saturated carbocycles. The van der Waals surface area contributed by atoms with Crippen molar-refractivity contribution in [2.75, 3.05) is 24.6 Å². The van der Waals surface area contributed by atoms with Gasteiger partial charge in [-0.3, -0.25) is 4.79 Å². The highest BCUT2D eigenvalue weighted by molar-refractivity contribution is 5.82. The van der Waals surface area contributed by atoms with Gasteiger partial charge in [0.2, 0.25) is 0 Å². The van der Waals surface area contributed by atoms with Gasteiger partial charge in [-0.25, -0.2) is 0 Å². The summed E-state index contributed by atoms with van der Waals surface area (Å²) in [5.74, 6) is 1.64. The zero-order valence-electron chi connectivity index (χ0n) is 12.0. The highest BCUT2D eigenvalue weighted by atomic mass is 16.5. The van der Waals surface area contributed by atoms with Gasteiger partial charge in [0.15, 0.2) is 0 Å². The molecule has 0 amide bonds. The Morgan fingerprint density at radius 3 is 3.00 bits per heavy atom. The van der Waals surface area contributed by atoms with E-state index in [1.165, 1.54) is 12.8 Å². The molecule has 0 spiro atoms. The largest absolute Gasteiger partial charge is 0.491 e. The molecule has 1 aliphatic carbocycles. The van der Waals surface area contributed by atoms with Gasteiger partial charge in [0.1, 0.15) is 11.5 Å². The van der Waals surface area contributed by atoms with Crippen LogP contribution in [0.25, 0.3) is 0 Å². The molecule has 0 aromatic heterocycles. The van der Waals surface area contributed by atoms with E-state index in [0.29, 0.717) is 5.78 Å². The number of benzene rings is 1. The minimum absolute atomic E-state index is 0.212. The SMILES string of the molecule is O=C1CCCCCC1CN1CCCOc2ccccc21. The van der Waals surface area contributed by atoms with Crippen molar-refractivity contribution >= 4 is 11.5 Å². The number of nitrogens with zero attached hydrogens (tertiary/aromatic N) is 1. The molecule has 3 heteroatoms. The minimum Gasteiger partial charge on any atom is -0.491 e. The molecule has 1 heterocycles. The Hall–Kier alpha value is -1.51. The van der Waals surface area contributed by atoms with Crippen LogP contribution in [0, 0.1) is 5.92 Å². The number of rotatable bonds is 2. The number of carbonyl (C=O) groups is 1. The Morgan fingerprint density at radius 1 is 1.15 bits per heavy atom. The van der Waals surface area contributed by atoms with Crippen molar-refractivity contribution in [3.63, 3.8) is 0 Å². The highest BCUT2D eigenvalue weighted by Gasteiger charge is 2.25. The Balaban J connectivity index is 1.77. The molecule has 1 fully saturated rings. The summed E-state index contributed by atoms with van der Waals surface area (Å²) in [5.41, 5.74) is 1.15. The Labute approximate surface area is 120 Å². The maximum Gasteiger partial charge on any atom is 0.142 e. The van der Waals surface area contributed by atoms with Crippen LogP contribution in [0.2, 0.25) is 0 Å². The monoisotopic (exact) mass is 273 g/mol. The highest BCUT2D eigenvalue weighted by Crippen LogP contribution is 2.32. The number of hydrogen-bond acceptors (Lipinski definition) is 3. The molecule has 1 unspecified atom stereocenters. The molecule has 1 aliphatic heterocycles. The first-order chi connectivity index (χ1) is 9.84. The Kier molecular flexibility index (Phi) is 4.24. The molecular formula is C17H23NO2. The third-order valence-corrected chi connectivity index (χ3v) is 4.41. The van der Waals surface area contributed by atoms with Gasteiger partial charge in [-0.15, -0.1) is 0 Å². The first kappa shape index (κ1) is 13.5. The fraction of sp³-hybridized carbons (Fsp3) is 0.588. The summed E-state index contributed by atoms with van der Waals surface area (Å²) in [5, 5.41) is 0. The predicted octanol–water partition coefficient (Wildman–Crippen LogP) is 3.42. The number of carbonyl (C=O) groups excluding carboxylic acids is 1. The summed E-state index contributed by atoms with van der Waals surface area (Å²) in [6.07, 6.45) is 6.34. The number of anilines is 1. The van der Waals surface area contributed by atoms with Crippen LogP contribution in [0.1, 0.15) is 38.5 Å². The van der Waals surface area contributed by atoms with Gasteiger partial charge in [0.05, 0.1) is 12.3 Å². The topological polar surface area (TPSA) is 29.5 Å². The molecule has 108 valence electrons. The van der Waals surface area contributed by atoms with Crippen molar-refractivity contribution in [3.05, 3.63) is 24.3 Å². The maximum absolute atomic E-state index is 12.2. The van der Waals surface area contributed by atoms with E-state index in [1.807, 2.05) is 12.1 Å². The van der Waals surface area contributed by atoms with Crippen LogP contribution in [-0.2, 0) is 4.79 Å². The summed E-state index contributed by atoms with van der Waals surface area (Å²) in [4.78, 5) is 14.6. The minimum atomic E-state index is 0.212. The lowest BCUT2D eigenvalue weighted by Crippen LogP contribution is -2.33. The summed E-state index contributed by atoms with van der Waals surface area (Å²) >= 11 is 0. The zero-order valence-corrected chi connectivity index (χ0v) is 12.0. The molecule has 3 rings (SSSR count). The van der Waals surface area contributed by atoms with Crippen molar-refractivity contribution in [2.45, 2.75) is 38.5 Å². The summed E-state index contributed by atoms with van der Waals surface area (Å²) in [7, 11) is 0. The van der Waals surface area contributed by atoms with E-state index in [1.54, 1.807) is 0 Å². The predicted molar refractivity (Wildman–Crippen MR) is 80.3 cm³/mol. The molecule has 1 aromatic carbocycles. The van der Waals surface area contributed by atoms with Crippen molar-refractivity contribution < 1.29 is 9.53 Å². The van der Waals surface area contributed by atoms with Crippen LogP contribution in [0.3, 0.4) is 0 Å². The summed E-state index contributed by atoms with van der Waals surface area (Å²) in [6.45, 7) is 2.62. The number of ketones is 1. The van der Waals surface area contributed by atoms with Crippen molar-refractivity contribution in [1.29, 1.82) is 0 Å². The average Bonchev–Trinajstić information content (AvgIpc) is 2.79. The van der Waals surface area contributed by atoms with Crippen LogP contribution < -0.4 is 9.64 Å². The van der Waals surface area contributed by atoms with Crippen LogP contribution in [-0.4, -0.2) is 25.5 Å². The molecule has 20 heavy (non-hydrogen) atoms. The van der Waals surface area contributed by atoms with Crippen molar-refractivity contribution in [1.82, 2.24) is 0 Å². The summed E-state index contributed by atoms with van der Waals surface area (Å²) < 4.78 is 5.79. The smallest absolute Gasteiger partial charge is 0.142 e. The summed E-state index contributed by atoms with van der Waals surface area (Å²) in [6, 6.07) is 8.21. The molecule has 0 saturated heterocycles. The van der Waals surface area contributed by atoms with E-state index in [2.05, 4.69) is 17.0 Å². The molecule has 3 nitrogen and oxygen atoms in total. The second-order valence-electron chi connectivity index (χ2n) is 5.88. The Morgan fingerprint density at radius 2 is 2.05 bits per heavy atom. The number of para-hydroxylation sites is 2.